The first kappa shape index (κ1) is 31.4. The maximum absolute atomic E-state index is 12.8. The van der Waals surface area contributed by atoms with Crippen LogP contribution in [0.1, 0.15) is 95.3 Å². The van der Waals surface area contributed by atoms with Crippen LogP contribution in [-0.4, -0.2) is 31.9 Å². The molecule has 0 aliphatic carbocycles. The smallest absolute Gasteiger partial charge is 0.338 e. The highest BCUT2D eigenvalue weighted by Gasteiger charge is 2.15. The third-order valence-corrected chi connectivity index (χ3v) is 7.22. The van der Waals surface area contributed by atoms with E-state index in [1.54, 1.807) is 0 Å². The van der Waals surface area contributed by atoms with Gasteiger partial charge >= 0.3 is 5.97 Å². The Bertz CT molecular complexity index is 1100. The zero-order valence-electron chi connectivity index (χ0n) is 24.8. The summed E-state index contributed by atoms with van der Waals surface area (Å²) in [6, 6.07) is 24.4. The topological polar surface area (TPSA) is 44.8 Å². The lowest BCUT2D eigenvalue weighted by molar-refractivity contribution is -0.00596. The highest BCUT2D eigenvalue weighted by atomic mass is 16.6. The third kappa shape index (κ3) is 10.5. The molecule has 0 amide bonds. The number of unbranched alkanes of at least 4 members (excludes halogenated alkanes) is 7. The molecule has 0 bridgehead atoms. The normalized spacial score (nSPS) is 11.8. The van der Waals surface area contributed by atoms with Crippen LogP contribution in [0.15, 0.2) is 72.8 Å². The Kier molecular flexibility index (Phi) is 14.4. The molecule has 216 valence electrons. The van der Waals surface area contributed by atoms with Crippen LogP contribution in [0, 0.1) is 0 Å². The highest BCUT2D eigenvalue weighted by molar-refractivity contribution is 5.91. The zero-order valence-corrected chi connectivity index (χ0v) is 24.8. The zero-order chi connectivity index (χ0) is 28.4. The summed E-state index contributed by atoms with van der Waals surface area (Å²) >= 11 is 0. The van der Waals surface area contributed by atoms with E-state index < -0.39 is 0 Å². The van der Waals surface area contributed by atoms with E-state index >= 15 is 0 Å². The van der Waals surface area contributed by atoms with Crippen molar-refractivity contribution < 1.29 is 19.0 Å². The molecular formula is C36H48O4. The van der Waals surface area contributed by atoms with Crippen molar-refractivity contribution in [2.75, 3.05) is 19.8 Å². The lowest BCUT2D eigenvalue weighted by atomic mass is 9.94. The Balaban J connectivity index is 1.57. The van der Waals surface area contributed by atoms with E-state index in [1.807, 2.05) is 37.3 Å². The van der Waals surface area contributed by atoms with Gasteiger partial charge in [-0.15, -0.1) is 0 Å². The molecule has 0 N–H and O–H groups in total. The molecule has 0 fully saturated rings. The van der Waals surface area contributed by atoms with E-state index in [-0.39, 0.29) is 12.1 Å². The Hall–Kier alpha value is -3.11. The molecule has 0 aromatic heterocycles. The molecule has 40 heavy (non-hydrogen) atoms. The highest BCUT2D eigenvalue weighted by Crippen LogP contribution is 2.33. The van der Waals surface area contributed by atoms with Gasteiger partial charge in [-0.3, -0.25) is 0 Å². The fourth-order valence-electron chi connectivity index (χ4n) is 4.70. The summed E-state index contributed by atoms with van der Waals surface area (Å²) in [4.78, 5) is 12.8. The van der Waals surface area contributed by atoms with Crippen molar-refractivity contribution in [3.05, 3.63) is 78.4 Å². The molecule has 4 heteroatoms. The molecule has 3 aromatic rings. The average molecular weight is 545 g/mol. The molecule has 0 spiro atoms. The summed E-state index contributed by atoms with van der Waals surface area (Å²) in [6.07, 6.45) is 11.4. The van der Waals surface area contributed by atoms with Gasteiger partial charge in [0.05, 0.1) is 18.8 Å². The standard InChI is InChI=1S/C36H48O4/c1-4-7-9-10-11-15-27-39-33-24-22-30(23-25-33)35-17-13-12-16-34(35)29-18-20-31(21-19-29)36(37)40-32(6-3)28-38-26-14-8-5-2/h12-13,16-25,32H,4-11,14-15,26-28H2,1-3H3/t32-/m0/s1. The van der Waals surface area contributed by atoms with E-state index in [9.17, 15) is 4.79 Å². The molecule has 0 saturated heterocycles. The number of esters is 1. The van der Waals surface area contributed by atoms with Crippen molar-refractivity contribution in [1.82, 2.24) is 0 Å². The maximum Gasteiger partial charge on any atom is 0.338 e. The Morgan fingerprint density at radius 3 is 1.82 bits per heavy atom. The van der Waals surface area contributed by atoms with E-state index in [0.717, 1.165) is 66.7 Å². The summed E-state index contributed by atoms with van der Waals surface area (Å²) < 4.78 is 17.4. The SMILES string of the molecule is CCCCCCCCOc1ccc(-c2ccccc2-c2ccc(C(=O)O[C@@H](CC)COCCCCC)cc2)cc1. The van der Waals surface area contributed by atoms with Crippen LogP contribution in [0.4, 0.5) is 0 Å². The number of rotatable bonds is 19. The van der Waals surface area contributed by atoms with Crippen LogP contribution in [0.2, 0.25) is 0 Å². The Morgan fingerprint density at radius 1 is 0.650 bits per heavy atom. The van der Waals surface area contributed by atoms with Crippen molar-refractivity contribution in [3.63, 3.8) is 0 Å². The second kappa shape index (κ2) is 18.3. The molecular weight excluding hydrogens is 496 g/mol. The number of hydrogen-bond acceptors (Lipinski definition) is 4. The van der Waals surface area contributed by atoms with E-state index in [1.165, 1.54) is 32.1 Å². The summed E-state index contributed by atoms with van der Waals surface area (Å²) in [7, 11) is 0. The lowest BCUT2D eigenvalue weighted by Crippen LogP contribution is -2.23. The van der Waals surface area contributed by atoms with Gasteiger partial charge < -0.3 is 14.2 Å². The predicted molar refractivity (Wildman–Crippen MR) is 166 cm³/mol. The quantitative estimate of drug-likeness (QED) is 0.111. The third-order valence-electron chi connectivity index (χ3n) is 7.22. The summed E-state index contributed by atoms with van der Waals surface area (Å²) in [5.74, 6) is 0.606. The fourth-order valence-corrected chi connectivity index (χ4v) is 4.70. The largest absolute Gasteiger partial charge is 0.494 e. The molecule has 0 aliphatic heterocycles. The number of hydrogen-bond donors (Lipinski definition) is 0. The second-order valence-electron chi connectivity index (χ2n) is 10.5. The van der Waals surface area contributed by atoms with E-state index in [4.69, 9.17) is 14.2 Å². The molecule has 0 saturated carbocycles. The van der Waals surface area contributed by atoms with Gasteiger partial charge in [-0.2, -0.15) is 0 Å². The van der Waals surface area contributed by atoms with Crippen LogP contribution in [0.25, 0.3) is 22.3 Å². The number of benzene rings is 3. The first-order valence-corrected chi connectivity index (χ1v) is 15.4. The van der Waals surface area contributed by atoms with Crippen LogP contribution in [-0.2, 0) is 9.47 Å². The van der Waals surface area contributed by atoms with Gasteiger partial charge in [0.1, 0.15) is 11.9 Å². The molecule has 1 atom stereocenters. The van der Waals surface area contributed by atoms with Crippen molar-refractivity contribution >= 4 is 5.97 Å². The first-order chi connectivity index (χ1) is 19.7. The summed E-state index contributed by atoms with van der Waals surface area (Å²) in [5.41, 5.74) is 5.01. The van der Waals surface area contributed by atoms with Crippen LogP contribution >= 0.6 is 0 Å². The van der Waals surface area contributed by atoms with Gasteiger partial charge in [-0.1, -0.05) is 114 Å². The van der Waals surface area contributed by atoms with Gasteiger partial charge in [-0.25, -0.2) is 4.79 Å². The van der Waals surface area contributed by atoms with Gasteiger partial charge in [-0.05, 0) is 65.8 Å². The van der Waals surface area contributed by atoms with Crippen LogP contribution in [0.3, 0.4) is 0 Å². The van der Waals surface area contributed by atoms with E-state index in [2.05, 4.69) is 56.3 Å². The van der Waals surface area contributed by atoms with Crippen molar-refractivity contribution in [2.45, 2.75) is 91.1 Å². The van der Waals surface area contributed by atoms with Gasteiger partial charge in [0.25, 0.3) is 0 Å². The monoisotopic (exact) mass is 544 g/mol. The molecule has 3 rings (SSSR count). The minimum Gasteiger partial charge on any atom is -0.494 e. The lowest BCUT2D eigenvalue weighted by Gasteiger charge is -2.17. The molecule has 4 nitrogen and oxygen atoms in total. The van der Waals surface area contributed by atoms with Gasteiger partial charge in [0.2, 0.25) is 0 Å². The maximum atomic E-state index is 12.8. The first-order valence-electron chi connectivity index (χ1n) is 15.4. The summed E-state index contributed by atoms with van der Waals surface area (Å²) in [5, 5.41) is 0. The number of ether oxygens (including phenoxy) is 3. The van der Waals surface area contributed by atoms with Gasteiger partial charge in [0, 0.05) is 6.61 Å². The van der Waals surface area contributed by atoms with Gasteiger partial charge in [0.15, 0.2) is 0 Å². The van der Waals surface area contributed by atoms with Crippen LogP contribution < -0.4 is 4.74 Å². The number of carbonyl (C=O) groups is 1. The molecule has 0 unspecified atom stereocenters. The molecule has 0 aliphatic rings. The predicted octanol–water partition coefficient (Wildman–Crippen LogP) is 9.90. The summed E-state index contributed by atoms with van der Waals surface area (Å²) in [6.45, 7) is 8.36. The fraction of sp³-hybridized carbons (Fsp3) is 0.472. The second-order valence-corrected chi connectivity index (χ2v) is 10.5. The van der Waals surface area contributed by atoms with Crippen molar-refractivity contribution in [2.24, 2.45) is 0 Å². The van der Waals surface area contributed by atoms with E-state index in [0.29, 0.717) is 18.8 Å². The molecule has 0 radical (unpaired) electrons. The van der Waals surface area contributed by atoms with Crippen molar-refractivity contribution in [1.29, 1.82) is 0 Å². The minimum atomic E-state index is -0.305. The van der Waals surface area contributed by atoms with Crippen LogP contribution in [0.5, 0.6) is 5.75 Å². The minimum absolute atomic E-state index is 0.229. The Labute approximate surface area is 242 Å². The Morgan fingerprint density at radius 2 is 1.20 bits per heavy atom. The average Bonchev–Trinajstić information content (AvgIpc) is 3.00. The molecule has 0 heterocycles. The molecule has 3 aromatic carbocycles. The van der Waals surface area contributed by atoms with Crippen molar-refractivity contribution in [3.8, 4) is 28.0 Å². The number of carbonyl (C=O) groups excluding carboxylic acids is 1.